The Balaban J connectivity index is 1.49. The molecule has 0 aliphatic carbocycles. The van der Waals surface area contributed by atoms with Crippen LogP contribution < -0.4 is 0 Å². The van der Waals surface area contributed by atoms with E-state index in [4.69, 9.17) is 9.63 Å². The van der Waals surface area contributed by atoms with Crippen molar-refractivity contribution in [3.05, 3.63) is 59.3 Å². The largest absolute Gasteiger partial charge is 0.480 e. The quantitative estimate of drug-likeness (QED) is 0.493. The van der Waals surface area contributed by atoms with Crippen molar-refractivity contribution in [2.75, 3.05) is 13.1 Å². The Hall–Kier alpha value is -3.96. The van der Waals surface area contributed by atoms with Crippen molar-refractivity contribution in [1.29, 1.82) is 5.26 Å². The van der Waals surface area contributed by atoms with Crippen LogP contribution in [0, 0.1) is 11.3 Å². The molecule has 0 fully saturated rings. The van der Waals surface area contributed by atoms with Crippen LogP contribution in [0.25, 0.3) is 33.7 Å². The second-order valence-corrected chi connectivity index (χ2v) is 8.61. The summed E-state index contributed by atoms with van der Waals surface area (Å²) < 4.78 is 7.69. The van der Waals surface area contributed by atoms with E-state index in [1.165, 1.54) is 0 Å². The molecule has 0 bridgehead atoms. The Morgan fingerprint density at radius 2 is 2.15 bits per heavy atom. The molecule has 0 atom stereocenters. The van der Waals surface area contributed by atoms with Gasteiger partial charge in [0, 0.05) is 47.4 Å². The van der Waals surface area contributed by atoms with Gasteiger partial charge in [-0.2, -0.15) is 10.2 Å². The lowest BCUT2D eigenvalue weighted by Gasteiger charge is -2.28. The predicted octanol–water partition coefficient (Wildman–Crippen LogP) is 4.25. The van der Waals surface area contributed by atoms with E-state index in [0.29, 0.717) is 30.4 Å². The Morgan fingerprint density at radius 1 is 1.30 bits per heavy atom. The molecule has 0 radical (unpaired) electrons. The third-order valence-electron chi connectivity index (χ3n) is 6.13. The Labute approximate surface area is 190 Å². The van der Waals surface area contributed by atoms with Gasteiger partial charge in [0.1, 0.15) is 6.07 Å². The van der Waals surface area contributed by atoms with Crippen LogP contribution in [-0.2, 0) is 17.8 Å². The van der Waals surface area contributed by atoms with Gasteiger partial charge in [-0.25, -0.2) is 0 Å². The van der Waals surface area contributed by atoms with E-state index in [1.54, 1.807) is 0 Å². The number of benzene rings is 2. The number of carbonyl (C=O) groups is 1. The number of aliphatic carboxylic acids is 1. The molecule has 0 saturated heterocycles. The van der Waals surface area contributed by atoms with E-state index >= 15 is 0 Å². The smallest absolute Gasteiger partial charge is 0.317 e. The average Bonchev–Trinajstić information content (AvgIpc) is 3.43. The van der Waals surface area contributed by atoms with Crippen LogP contribution in [0.15, 0.2) is 47.1 Å². The number of fused-ring (bicyclic) bond motifs is 2. The van der Waals surface area contributed by atoms with E-state index in [-0.39, 0.29) is 12.6 Å². The molecule has 5 rings (SSSR count). The number of hydrogen-bond acceptors (Lipinski definition) is 6. The number of aromatic nitrogens is 3. The minimum atomic E-state index is -0.822. The monoisotopic (exact) mass is 441 g/mol. The Morgan fingerprint density at radius 3 is 2.91 bits per heavy atom. The first-order valence-corrected chi connectivity index (χ1v) is 10.9. The fourth-order valence-corrected chi connectivity index (χ4v) is 4.56. The van der Waals surface area contributed by atoms with Gasteiger partial charge in [0.05, 0.1) is 12.1 Å². The summed E-state index contributed by atoms with van der Waals surface area (Å²) in [6, 6.07) is 14.3. The number of nitrogens with zero attached hydrogens (tertiary/aromatic N) is 5. The third kappa shape index (κ3) is 3.77. The van der Waals surface area contributed by atoms with E-state index in [0.717, 1.165) is 39.6 Å². The van der Waals surface area contributed by atoms with Crippen LogP contribution in [0.4, 0.5) is 0 Å². The van der Waals surface area contributed by atoms with Crippen molar-refractivity contribution in [1.82, 2.24) is 19.6 Å². The van der Waals surface area contributed by atoms with E-state index in [9.17, 15) is 10.1 Å². The van der Waals surface area contributed by atoms with Crippen LogP contribution in [-0.4, -0.2) is 43.8 Å². The molecule has 0 saturated carbocycles. The molecule has 1 N–H and O–H groups in total. The summed E-state index contributed by atoms with van der Waals surface area (Å²) in [6.07, 6.45) is 2.60. The zero-order valence-corrected chi connectivity index (χ0v) is 18.4. The lowest BCUT2D eigenvalue weighted by molar-refractivity contribution is -0.138. The minimum absolute atomic E-state index is 0.0295. The van der Waals surface area contributed by atoms with Crippen molar-refractivity contribution in [3.63, 3.8) is 0 Å². The van der Waals surface area contributed by atoms with Crippen molar-refractivity contribution in [3.8, 4) is 28.9 Å². The third-order valence-corrected chi connectivity index (χ3v) is 6.13. The number of hydrogen-bond donors (Lipinski definition) is 1. The summed E-state index contributed by atoms with van der Waals surface area (Å²) in [7, 11) is 0. The molecule has 0 amide bonds. The topological polar surface area (TPSA) is 108 Å². The van der Waals surface area contributed by atoms with Gasteiger partial charge < -0.3 is 14.2 Å². The first-order chi connectivity index (χ1) is 15.9. The SMILES string of the molecule is CC(C)n1cc(C#N)c2cc(-c3nc(-c4cccc5c4CCN(CC(=O)O)C5)no3)ccc21. The molecule has 0 spiro atoms. The Bertz CT molecular complexity index is 1410. The molecule has 3 heterocycles. The Kier molecular flexibility index (Phi) is 5.19. The van der Waals surface area contributed by atoms with Gasteiger partial charge in [0.2, 0.25) is 5.82 Å². The fourth-order valence-electron chi connectivity index (χ4n) is 4.56. The number of carboxylic acids is 1. The van der Waals surface area contributed by atoms with Gasteiger partial charge in [-0.1, -0.05) is 23.4 Å². The second kappa shape index (κ2) is 8.19. The first kappa shape index (κ1) is 20.9. The normalized spacial score (nSPS) is 13.9. The molecule has 1 aliphatic heterocycles. The van der Waals surface area contributed by atoms with Gasteiger partial charge in [0.15, 0.2) is 0 Å². The van der Waals surface area contributed by atoms with E-state index in [2.05, 4.69) is 34.6 Å². The van der Waals surface area contributed by atoms with Crippen molar-refractivity contribution in [2.45, 2.75) is 32.9 Å². The molecule has 1 aliphatic rings. The maximum atomic E-state index is 11.1. The molecule has 8 nitrogen and oxygen atoms in total. The highest BCUT2D eigenvalue weighted by Crippen LogP contribution is 2.32. The van der Waals surface area contributed by atoms with E-state index < -0.39 is 5.97 Å². The zero-order valence-electron chi connectivity index (χ0n) is 18.4. The molecule has 0 unspecified atom stereocenters. The standard InChI is InChI=1S/C25H23N5O3/c1-15(2)30-13-18(11-26)21-10-16(6-7-22(21)30)25-27-24(28-33-25)20-5-3-4-17-12-29(14-23(31)32)9-8-19(17)20/h3-7,10,13,15H,8-9,12,14H2,1-2H3,(H,31,32). The lowest BCUT2D eigenvalue weighted by atomic mass is 9.94. The highest BCUT2D eigenvalue weighted by molar-refractivity contribution is 5.90. The molecular formula is C25H23N5O3. The first-order valence-electron chi connectivity index (χ1n) is 10.9. The van der Waals surface area contributed by atoms with Gasteiger partial charge in [0.25, 0.3) is 5.89 Å². The maximum absolute atomic E-state index is 11.1. The highest BCUT2D eigenvalue weighted by Gasteiger charge is 2.23. The second-order valence-electron chi connectivity index (χ2n) is 8.61. The van der Waals surface area contributed by atoms with Gasteiger partial charge in [-0.15, -0.1) is 0 Å². The predicted molar refractivity (Wildman–Crippen MR) is 122 cm³/mol. The minimum Gasteiger partial charge on any atom is -0.480 e. The van der Waals surface area contributed by atoms with Gasteiger partial charge >= 0.3 is 5.97 Å². The molecule has 166 valence electrons. The summed E-state index contributed by atoms with van der Waals surface area (Å²) in [6.45, 7) is 5.45. The fraction of sp³-hybridized carbons (Fsp3) is 0.280. The van der Waals surface area contributed by atoms with Crippen LogP contribution in [0.3, 0.4) is 0 Å². The van der Waals surface area contributed by atoms with E-state index in [1.807, 2.05) is 47.5 Å². The number of nitriles is 1. The summed E-state index contributed by atoms with van der Waals surface area (Å²) in [5, 5.41) is 23.8. The van der Waals surface area contributed by atoms with Gasteiger partial charge in [-0.05, 0) is 49.6 Å². The molecule has 2 aromatic carbocycles. The van der Waals surface area contributed by atoms with Gasteiger partial charge in [-0.3, -0.25) is 9.69 Å². The average molecular weight is 441 g/mol. The van der Waals surface area contributed by atoms with Crippen LogP contribution in [0.2, 0.25) is 0 Å². The number of carboxylic acid groups (broad SMARTS) is 1. The van der Waals surface area contributed by atoms with Crippen molar-refractivity contribution in [2.24, 2.45) is 0 Å². The van der Waals surface area contributed by atoms with Crippen molar-refractivity contribution >= 4 is 16.9 Å². The summed E-state index contributed by atoms with van der Waals surface area (Å²) in [4.78, 5) is 17.6. The molecule has 4 aromatic rings. The summed E-state index contributed by atoms with van der Waals surface area (Å²) in [5.74, 6) is 0.0839. The van der Waals surface area contributed by atoms with Crippen LogP contribution in [0.1, 0.15) is 36.6 Å². The summed E-state index contributed by atoms with van der Waals surface area (Å²) >= 11 is 0. The number of rotatable bonds is 5. The summed E-state index contributed by atoms with van der Waals surface area (Å²) in [5.41, 5.74) is 5.49. The van der Waals surface area contributed by atoms with Crippen LogP contribution >= 0.6 is 0 Å². The molecule has 8 heteroatoms. The molecule has 2 aromatic heterocycles. The highest BCUT2D eigenvalue weighted by atomic mass is 16.5. The molecule has 33 heavy (non-hydrogen) atoms. The molecular weight excluding hydrogens is 418 g/mol. The maximum Gasteiger partial charge on any atom is 0.317 e. The zero-order chi connectivity index (χ0) is 23.1. The van der Waals surface area contributed by atoms with Crippen molar-refractivity contribution < 1.29 is 14.4 Å². The van der Waals surface area contributed by atoms with Crippen LogP contribution in [0.5, 0.6) is 0 Å². The lowest BCUT2D eigenvalue weighted by Crippen LogP contribution is -2.34.